The number of aromatic nitrogens is 2. The summed E-state index contributed by atoms with van der Waals surface area (Å²) in [4.78, 5) is 35.1. The van der Waals surface area contributed by atoms with Crippen molar-refractivity contribution in [1.29, 1.82) is 0 Å². The average molecular weight is 431 g/mol. The topological polar surface area (TPSA) is 106 Å². The third kappa shape index (κ3) is 4.45. The maximum absolute atomic E-state index is 13.4. The smallest absolute Gasteiger partial charge is 0.328 e. The summed E-state index contributed by atoms with van der Waals surface area (Å²) in [6.45, 7) is 4.32. The Hall–Kier alpha value is -3.23. The lowest BCUT2D eigenvalue weighted by molar-refractivity contribution is -0.144. The van der Waals surface area contributed by atoms with Gasteiger partial charge >= 0.3 is 12.0 Å². The summed E-state index contributed by atoms with van der Waals surface area (Å²) in [5.41, 5.74) is 2.46. The number of urea groups is 1. The van der Waals surface area contributed by atoms with E-state index in [2.05, 4.69) is 15.3 Å². The van der Waals surface area contributed by atoms with Gasteiger partial charge < -0.3 is 29.4 Å². The van der Waals surface area contributed by atoms with Crippen molar-refractivity contribution >= 4 is 12.0 Å². The van der Waals surface area contributed by atoms with Crippen LogP contribution in [0.4, 0.5) is 4.79 Å². The predicted molar refractivity (Wildman–Crippen MR) is 114 cm³/mol. The second kappa shape index (κ2) is 9.72. The number of aromatic amines is 1. The van der Waals surface area contributed by atoms with Gasteiger partial charge in [0.2, 0.25) is 0 Å². The van der Waals surface area contributed by atoms with Gasteiger partial charge in [0.25, 0.3) is 0 Å². The van der Waals surface area contributed by atoms with Crippen molar-refractivity contribution < 1.29 is 23.8 Å². The SMILES string of the molecule is CC[C@H](C)[C@H](NC(=O)N1CCc2[nH]cnc2[C@@H]1c1cc(OC)ccc1OC)C(=O)OC. The lowest BCUT2D eigenvalue weighted by Crippen LogP contribution is -2.53. The summed E-state index contributed by atoms with van der Waals surface area (Å²) in [5.74, 6) is 0.722. The van der Waals surface area contributed by atoms with Crippen molar-refractivity contribution in [1.82, 2.24) is 20.2 Å². The van der Waals surface area contributed by atoms with Gasteiger partial charge in [-0.3, -0.25) is 0 Å². The molecule has 0 fully saturated rings. The van der Waals surface area contributed by atoms with E-state index < -0.39 is 18.1 Å². The number of esters is 1. The highest BCUT2D eigenvalue weighted by Gasteiger charge is 2.38. The molecule has 0 radical (unpaired) electrons. The molecular weight excluding hydrogens is 400 g/mol. The Bertz CT molecular complexity index is 928. The van der Waals surface area contributed by atoms with Crippen LogP contribution in [0.25, 0.3) is 0 Å². The minimum atomic E-state index is -0.740. The summed E-state index contributed by atoms with van der Waals surface area (Å²) in [5, 5.41) is 2.88. The number of nitrogens with zero attached hydrogens (tertiary/aromatic N) is 2. The minimum absolute atomic E-state index is 0.0769. The molecule has 0 saturated heterocycles. The Morgan fingerprint density at radius 3 is 2.71 bits per heavy atom. The van der Waals surface area contributed by atoms with Crippen molar-refractivity contribution in [2.45, 2.75) is 38.8 Å². The summed E-state index contributed by atoms with van der Waals surface area (Å²) >= 11 is 0. The van der Waals surface area contributed by atoms with Crippen LogP contribution in [0.1, 0.15) is 43.3 Å². The predicted octanol–water partition coefficient (Wildman–Crippen LogP) is 2.67. The Kier molecular flexibility index (Phi) is 7.04. The Balaban J connectivity index is 2.01. The molecule has 0 bridgehead atoms. The zero-order valence-electron chi connectivity index (χ0n) is 18.6. The van der Waals surface area contributed by atoms with Gasteiger partial charge in [-0.1, -0.05) is 20.3 Å². The number of methoxy groups -OCH3 is 3. The van der Waals surface area contributed by atoms with Crippen molar-refractivity contribution in [3.05, 3.63) is 41.5 Å². The number of rotatable bonds is 7. The van der Waals surface area contributed by atoms with Gasteiger partial charge in [-0.15, -0.1) is 0 Å². The van der Waals surface area contributed by atoms with Gasteiger partial charge in [0.1, 0.15) is 23.6 Å². The van der Waals surface area contributed by atoms with Crippen LogP contribution in [-0.4, -0.2) is 60.8 Å². The fourth-order valence-electron chi connectivity index (χ4n) is 3.88. The molecule has 3 atom stereocenters. The molecule has 168 valence electrons. The monoisotopic (exact) mass is 430 g/mol. The lowest BCUT2D eigenvalue weighted by Gasteiger charge is -2.37. The molecule has 0 spiro atoms. The molecule has 0 aliphatic carbocycles. The fourth-order valence-corrected chi connectivity index (χ4v) is 3.88. The maximum Gasteiger partial charge on any atom is 0.328 e. The van der Waals surface area contributed by atoms with Crippen molar-refractivity contribution in [2.75, 3.05) is 27.9 Å². The molecule has 0 saturated carbocycles. The highest BCUT2D eigenvalue weighted by atomic mass is 16.5. The molecule has 3 rings (SSSR count). The second-order valence-corrected chi connectivity index (χ2v) is 7.56. The zero-order valence-corrected chi connectivity index (χ0v) is 18.6. The number of imidazole rings is 1. The Morgan fingerprint density at radius 2 is 2.06 bits per heavy atom. The van der Waals surface area contributed by atoms with E-state index in [-0.39, 0.29) is 11.9 Å². The van der Waals surface area contributed by atoms with Crippen LogP contribution in [0.3, 0.4) is 0 Å². The van der Waals surface area contributed by atoms with Crippen molar-refractivity contribution in [2.24, 2.45) is 5.92 Å². The fraction of sp³-hybridized carbons (Fsp3) is 0.500. The van der Waals surface area contributed by atoms with E-state index in [4.69, 9.17) is 14.2 Å². The summed E-state index contributed by atoms with van der Waals surface area (Å²) in [7, 11) is 4.49. The molecule has 9 heteroatoms. The van der Waals surface area contributed by atoms with Crippen molar-refractivity contribution in [3.8, 4) is 11.5 Å². The van der Waals surface area contributed by atoms with E-state index >= 15 is 0 Å². The molecule has 1 aliphatic heterocycles. The minimum Gasteiger partial charge on any atom is -0.497 e. The Labute approximate surface area is 182 Å². The number of hydrogen-bond acceptors (Lipinski definition) is 6. The van der Waals surface area contributed by atoms with Crippen LogP contribution in [0.15, 0.2) is 24.5 Å². The maximum atomic E-state index is 13.4. The molecule has 1 aromatic carbocycles. The normalized spacial score (nSPS) is 17.3. The van der Waals surface area contributed by atoms with Crippen LogP contribution < -0.4 is 14.8 Å². The molecule has 1 aliphatic rings. The summed E-state index contributed by atoms with van der Waals surface area (Å²) in [6.07, 6.45) is 2.97. The van der Waals surface area contributed by atoms with Gasteiger partial charge in [0.15, 0.2) is 0 Å². The van der Waals surface area contributed by atoms with Crippen molar-refractivity contribution in [3.63, 3.8) is 0 Å². The molecule has 9 nitrogen and oxygen atoms in total. The molecule has 2 amide bonds. The van der Waals surface area contributed by atoms with Gasteiger partial charge in [0, 0.05) is 24.2 Å². The molecule has 1 aromatic heterocycles. The van der Waals surface area contributed by atoms with E-state index in [0.29, 0.717) is 24.5 Å². The molecule has 0 unspecified atom stereocenters. The number of fused-ring (bicyclic) bond motifs is 1. The Morgan fingerprint density at radius 1 is 1.29 bits per heavy atom. The van der Waals surface area contributed by atoms with Crippen LogP contribution in [0.5, 0.6) is 11.5 Å². The van der Waals surface area contributed by atoms with Crippen LogP contribution in [0.2, 0.25) is 0 Å². The van der Waals surface area contributed by atoms with E-state index in [0.717, 1.165) is 23.4 Å². The van der Waals surface area contributed by atoms with E-state index in [1.807, 2.05) is 26.0 Å². The zero-order chi connectivity index (χ0) is 22.5. The number of ether oxygens (including phenoxy) is 3. The molecule has 2 N–H and O–H groups in total. The van der Waals surface area contributed by atoms with E-state index in [1.165, 1.54) is 7.11 Å². The first-order valence-corrected chi connectivity index (χ1v) is 10.3. The van der Waals surface area contributed by atoms with Crippen LogP contribution >= 0.6 is 0 Å². The quantitative estimate of drug-likeness (QED) is 0.654. The summed E-state index contributed by atoms with van der Waals surface area (Å²) < 4.78 is 15.9. The van der Waals surface area contributed by atoms with Gasteiger partial charge in [0.05, 0.1) is 33.4 Å². The number of carbonyl (C=O) groups is 2. The highest BCUT2D eigenvalue weighted by Crippen LogP contribution is 2.39. The van der Waals surface area contributed by atoms with E-state index in [9.17, 15) is 9.59 Å². The third-order valence-corrected chi connectivity index (χ3v) is 5.86. The number of amides is 2. The highest BCUT2D eigenvalue weighted by molar-refractivity contribution is 5.84. The number of H-pyrrole nitrogens is 1. The first kappa shape index (κ1) is 22.5. The standard InChI is InChI=1S/C22H30N4O5/c1-6-13(2)18(21(27)31-5)25-22(28)26-10-9-16-19(24-12-23-16)20(26)15-11-14(29-3)7-8-17(15)30-4/h7-8,11-13,18,20H,6,9-10H2,1-5H3,(H,23,24)(H,25,28)/t13-,18-,20-/m0/s1. The van der Waals surface area contributed by atoms with Gasteiger partial charge in [-0.05, 0) is 24.1 Å². The number of hydrogen-bond donors (Lipinski definition) is 2. The number of nitrogens with one attached hydrogen (secondary N) is 2. The van der Waals surface area contributed by atoms with Crippen LogP contribution in [-0.2, 0) is 16.0 Å². The largest absolute Gasteiger partial charge is 0.497 e. The van der Waals surface area contributed by atoms with Gasteiger partial charge in [-0.2, -0.15) is 0 Å². The molecule has 2 heterocycles. The molecular formula is C22H30N4O5. The molecule has 2 aromatic rings. The van der Waals surface area contributed by atoms with Crippen LogP contribution in [0, 0.1) is 5.92 Å². The molecule has 31 heavy (non-hydrogen) atoms. The summed E-state index contributed by atoms with van der Waals surface area (Å²) in [6, 6.07) is 3.85. The first-order chi connectivity index (χ1) is 14.9. The lowest BCUT2D eigenvalue weighted by atomic mass is 9.94. The number of carbonyl (C=O) groups excluding carboxylic acids is 2. The first-order valence-electron chi connectivity index (χ1n) is 10.3. The second-order valence-electron chi connectivity index (χ2n) is 7.56. The third-order valence-electron chi connectivity index (χ3n) is 5.86. The average Bonchev–Trinajstić information content (AvgIpc) is 3.29. The van der Waals surface area contributed by atoms with Gasteiger partial charge in [-0.25, -0.2) is 14.6 Å². The van der Waals surface area contributed by atoms with E-state index in [1.54, 1.807) is 31.5 Å². The number of benzene rings is 1.